The Morgan fingerprint density at radius 2 is 1.75 bits per heavy atom. The van der Waals surface area contributed by atoms with Crippen molar-refractivity contribution < 1.29 is 9.59 Å². The Hall–Kier alpha value is -3.49. The minimum Gasteiger partial charge on any atom is -0.321 e. The highest BCUT2D eigenvalue weighted by Gasteiger charge is 2.26. The number of anilines is 2. The number of nitrogens with zero attached hydrogens (tertiary/aromatic N) is 2. The molecule has 0 fully saturated rings. The van der Waals surface area contributed by atoms with Crippen molar-refractivity contribution >= 4 is 51.1 Å². The second-order valence-corrected chi connectivity index (χ2v) is 8.71. The number of benzene rings is 2. The molecule has 0 spiro atoms. The van der Waals surface area contributed by atoms with Crippen LogP contribution in [0.1, 0.15) is 37.0 Å². The van der Waals surface area contributed by atoms with Gasteiger partial charge in [0.05, 0.1) is 0 Å². The molecular formula is C23H19ClN4O3S. The number of aromatic nitrogens is 2. The Balaban J connectivity index is 1.82. The molecule has 0 aliphatic carbocycles. The number of thiazole rings is 1. The van der Waals surface area contributed by atoms with E-state index in [9.17, 15) is 14.4 Å². The van der Waals surface area contributed by atoms with Crippen molar-refractivity contribution in [2.75, 3.05) is 10.6 Å². The van der Waals surface area contributed by atoms with Crippen LogP contribution in [0, 0.1) is 20.8 Å². The summed E-state index contributed by atoms with van der Waals surface area (Å²) in [5, 5.41) is 6.02. The molecule has 0 saturated heterocycles. The number of hydrogen-bond acceptors (Lipinski definition) is 5. The van der Waals surface area contributed by atoms with Gasteiger partial charge in [-0.3, -0.25) is 14.4 Å². The van der Waals surface area contributed by atoms with Gasteiger partial charge in [0.2, 0.25) is 0 Å². The normalized spacial score (nSPS) is 10.9. The van der Waals surface area contributed by atoms with E-state index in [0.29, 0.717) is 22.1 Å². The topological polar surface area (TPSA) is 92.6 Å². The molecule has 0 aliphatic rings. The maximum Gasteiger partial charge on any atom is 0.274 e. The van der Waals surface area contributed by atoms with Crippen LogP contribution in [0.15, 0.2) is 53.3 Å². The molecule has 162 valence electrons. The molecule has 0 bridgehead atoms. The molecule has 0 radical (unpaired) electrons. The number of fused-ring (bicyclic) bond motifs is 1. The van der Waals surface area contributed by atoms with Crippen LogP contribution >= 0.6 is 22.9 Å². The molecule has 2 aromatic carbocycles. The van der Waals surface area contributed by atoms with E-state index >= 15 is 0 Å². The van der Waals surface area contributed by atoms with Crippen LogP contribution in [-0.2, 0) is 0 Å². The van der Waals surface area contributed by atoms with Crippen LogP contribution in [0.25, 0.3) is 4.96 Å². The van der Waals surface area contributed by atoms with Gasteiger partial charge in [-0.1, -0.05) is 41.1 Å². The molecule has 2 amide bonds. The van der Waals surface area contributed by atoms with E-state index in [2.05, 4.69) is 15.6 Å². The van der Waals surface area contributed by atoms with Crippen molar-refractivity contribution in [3.8, 4) is 0 Å². The first-order chi connectivity index (χ1) is 15.2. The van der Waals surface area contributed by atoms with Gasteiger partial charge in [-0.05, 0) is 56.2 Å². The fourth-order valence-electron chi connectivity index (χ4n) is 3.27. The van der Waals surface area contributed by atoms with Gasteiger partial charge in [0, 0.05) is 28.2 Å². The van der Waals surface area contributed by atoms with E-state index in [1.807, 2.05) is 26.0 Å². The molecule has 2 aromatic heterocycles. The molecule has 4 rings (SSSR count). The standard InChI is InChI=1S/C23H19ClN4O3S/c1-12-6-4-9-17(14(12)3)27-22(31)20-19(21(30)26-16-8-5-7-15(24)11-16)28-18(29)10-13(2)25-23(28)32-20/h4-11H,1-3H3,(H,26,30)(H,27,31). The molecule has 0 atom stereocenters. The molecule has 2 N–H and O–H groups in total. The summed E-state index contributed by atoms with van der Waals surface area (Å²) in [6, 6.07) is 13.5. The highest BCUT2D eigenvalue weighted by molar-refractivity contribution is 7.19. The summed E-state index contributed by atoms with van der Waals surface area (Å²) in [5.74, 6) is -1.11. The zero-order valence-corrected chi connectivity index (χ0v) is 19.1. The number of carbonyl (C=O) groups is 2. The number of halogens is 1. The van der Waals surface area contributed by atoms with Crippen molar-refractivity contribution in [3.05, 3.63) is 91.3 Å². The number of aryl methyl sites for hydroxylation is 2. The number of nitrogens with one attached hydrogen (secondary N) is 2. The van der Waals surface area contributed by atoms with Gasteiger partial charge in [0.15, 0.2) is 4.96 Å². The third-order valence-electron chi connectivity index (χ3n) is 5.00. The number of amides is 2. The molecule has 32 heavy (non-hydrogen) atoms. The van der Waals surface area contributed by atoms with Gasteiger partial charge >= 0.3 is 0 Å². The minimum absolute atomic E-state index is 0.0784. The summed E-state index contributed by atoms with van der Waals surface area (Å²) < 4.78 is 1.16. The summed E-state index contributed by atoms with van der Waals surface area (Å²) in [4.78, 5) is 43.9. The SMILES string of the molecule is Cc1cc(=O)n2c(C(=O)Nc3cccc(Cl)c3)c(C(=O)Nc3cccc(C)c3C)sc2n1. The number of carbonyl (C=O) groups excluding carboxylic acids is 2. The Kier molecular flexibility index (Phi) is 5.82. The average molecular weight is 467 g/mol. The Morgan fingerprint density at radius 1 is 1.00 bits per heavy atom. The highest BCUT2D eigenvalue weighted by Crippen LogP contribution is 2.26. The van der Waals surface area contributed by atoms with Gasteiger partial charge in [0.1, 0.15) is 10.6 Å². The summed E-state index contributed by atoms with van der Waals surface area (Å²) in [5.41, 5.74) is 2.99. The highest BCUT2D eigenvalue weighted by atomic mass is 35.5. The molecule has 2 heterocycles. The quantitative estimate of drug-likeness (QED) is 0.450. The number of rotatable bonds is 4. The lowest BCUT2D eigenvalue weighted by atomic mass is 10.1. The molecule has 0 saturated carbocycles. The van der Waals surface area contributed by atoms with Gasteiger partial charge in [-0.15, -0.1) is 0 Å². The third-order valence-corrected chi connectivity index (χ3v) is 6.28. The number of hydrogen-bond donors (Lipinski definition) is 2. The molecule has 0 aliphatic heterocycles. The van der Waals surface area contributed by atoms with Gasteiger partial charge in [-0.2, -0.15) is 0 Å². The summed E-state index contributed by atoms with van der Waals surface area (Å²) in [7, 11) is 0. The lowest BCUT2D eigenvalue weighted by Crippen LogP contribution is -2.25. The molecular weight excluding hydrogens is 448 g/mol. The van der Waals surface area contributed by atoms with Gasteiger partial charge < -0.3 is 10.6 Å². The lowest BCUT2D eigenvalue weighted by molar-refractivity contribution is 0.0989. The first-order valence-electron chi connectivity index (χ1n) is 9.72. The van der Waals surface area contributed by atoms with Crippen LogP contribution in [-0.4, -0.2) is 21.2 Å². The predicted molar refractivity (Wildman–Crippen MR) is 127 cm³/mol. The van der Waals surface area contributed by atoms with Crippen molar-refractivity contribution in [1.82, 2.24) is 9.38 Å². The molecule has 9 heteroatoms. The van der Waals surface area contributed by atoms with Crippen LogP contribution in [0.4, 0.5) is 11.4 Å². The zero-order chi connectivity index (χ0) is 23.0. The second kappa shape index (κ2) is 8.57. The van der Waals surface area contributed by atoms with Crippen LogP contribution in [0.2, 0.25) is 5.02 Å². The van der Waals surface area contributed by atoms with E-state index in [-0.39, 0.29) is 15.5 Å². The Labute approximate surface area is 192 Å². The van der Waals surface area contributed by atoms with E-state index < -0.39 is 17.4 Å². The van der Waals surface area contributed by atoms with Crippen molar-refractivity contribution in [2.24, 2.45) is 0 Å². The summed E-state index contributed by atoms with van der Waals surface area (Å²) >= 11 is 7.00. The largest absolute Gasteiger partial charge is 0.321 e. The molecule has 7 nitrogen and oxygen atoms in total. The monoisotopic (exact) mass is 466 g/mol. The first-order valence-corrected chi connectivity index (χ1v) is 10.9. The average Bonchev–Trinajstić information content (AvgIpc) is 3.11. The van der Waals surface area contributed by atoms with Crippen molar-refractivity contribution in [3.63, 3.8) is 0 Å². The van der Waals surface area contributed by atoms with Crippen LogP contribution in [0.3, 0.4) is 0 Å². The lowest BCUT2D eigenvalue weighted by Gasteiger charge is -2.11. The summed E-state index contributed by atoms with van der Waals surface area (Å²) in [6.07, 6.45) is 0. The maximum absolute atomic E-state index is 13.2. The minimum atomic E-state index is -0.614. The molecule has 0 unspecified atom stereocenters. The fraction of sp³-hybridized carbons (Fsp3) is 0.130. The van der Waals surface area contributed by atoms with Crippen LogP contribution < -0.4 is 16.2 Å². The van der Waals surface area contributed by atoms with E-state index in [4.69, 9.17) is 11.6 Å². The van der Waals surface area contributed by atoms with Gasteiger partial charge in [-0.25, -0.2) is 9.38 Å². The smallest absolute Gasteiger partial charge is 0.274 e. The van der Waals surface area contributed by atoms with Crippen LogP contribution in [0.5, 0.6) is 0 Å². The second-order valence-electron chi connectivity index (χ2n) is 7.30. The first kappa shape index (κ1) is 21.7. The van der Waals surface area contributed by atoms with Crippen molar-refractivity contribution in [2.45, 2.75) is 20.8 Å². The van der Waals surface area contributed by atoms with Crippen molar-refractivity contribution in [1.29, 1.82) is 0 Å². The third kappa shape index (κ3) is 4.15. The van der Waals surface area contributed by atoms with E-state index in [1.54, 1.807) is 37.3 Å². The Morgan fingerprint density at radius 3 is 2.50 bits per heavy atom. The maximum atomic E-state index is 13.2. The molecule has 4 aromatic rings. The Bertz CT molecular complexity index is 1440. The fourth-order valence-corrected chi connectivity index (χ4v) is 4.53. The van der Waals surface area contributed by atoms with Gasteiger partial charge in [0.25, 0.3) is 17.4 Å². The van der Waals surface area contributed by atoms with E-state index in [0.717, 1.165) is 26.9 Å². The summed E-state index contributed by atoms with van der Waals surface area (Å²) in [6.45, 7) is 5.53. The zero-order valence-electron chi connectivity index (χ0n) is 17.5. The predicted octanol–water partition coefficient (Wildman–Crippen LogP) is 4.84. The van der Waals surface area contributed by atoms with E-state index in [1.165, 1.54) is 6.07 Å².